The summed E-state index contributed by atoms with van der Waals surface area (Å²) in [4.78, 5) is 4.04. The van der Waals surface area contributed by atoms with Crippen LogP contribution in [0.1, 0.15) is 38.3 Å². The van der Waals surface area contributed by atoms with Gasteiger partial charge in [0.2, 0.25) is 0 Å². The van der Waals surface area contributed by atoms with E-state index in [1.54, 1.807) is 6.07 Å². The molecule has 0 radical (unpaired) electrons. The summed E-state index contributed by atoms with van der Waals surface area (Å²) >= 11 is 0. The highest BCUT2D eigenvalue weighted by molar-refractivity contribution is 5.20. The molecule has 1 atom stereocenters. The van der Waals surface area contributed by atoms with E-state index in [0.717, 1.165) is 25.5 Å². The molecule has 0 bridgehead atoms. The Labute approximate surface area is 101 Å². The summed E-state index contributed by atoms with van der Waals surface area (Å²) in [6.07, 6.45) is 4.60. The van der Waals surface area contributed by atoms with Gasteiger partial charge in [-0.2, -0.15) is 0 Å². The van der Waals surface area contributed by atoms with Crippen LogP contribution in [0.5, 0.6) is 0 Å². The van der Waals surface area contributed by atoms with Gasteiger partial charge in [-0.1, -0.05) is 13.3 Å². The Morgan fingerprint density at radius 2 is 2.24 bits per heavy atom. The minimum atomic E-state index is -1.03. The fourth-order valence-corrected chi connectivity index (χ4v) is 2.84. The van der Waals surface area contributed by atoms with E-state index in [1.807, 2.05) is 6.92 Å². The van der Waals surface area contributed by atoms with Crippen molar-refractivity contribution in [3.8, 4) is 0 Å². The van der Waals surface area contributed by atoms with Crippen molar-refractivity contribution in [2.45, 2.75) is 38.2 Å². The lowest BCUT2D eigenvalue weighted by Crippen LogP contribution is -2.54. The van der Waals surface area contributed by atoms with Crippen LogP contribution in [-0.4, -0.2) is 16.6 Å². The lowest BCUT2D eigenvalue weighted by Gasteiger charge is -2.52. The van der Waals surface area contributed by atoms with Crippen LogP contribution < -0.4 is 5.73 Å². The van der Waals surface area contributed by atoms with E-state index in [-0.39, 0.29) is 11.2 Å². The molecule has 2 rings (SSSR count). The third-order valence-corrected chi connectivity index (χ3v) is 4.24. The normalized spacial score (nSPS) is 21.6. The second-order valence-corrected chi connectivity index (χ2v) is 4.91. The largest absolute Gasteiger partial charge is 0.383 e. The second kappa shape index (κ2) is 4.35. The Morgan fingerprint density at radius 3 is 2.59 bits per heavy atom. The zero-order chi connectivity index (χ0) is 12.5. The molecule has 1 aromatic rings. The maximum absolute atomic E-state index is 12.9. The predicted octanol–water partition coefficient (Wildman–Crippen LogP) is 1.95. The van der Waals surface area contributed by atoms with Gasteiger partial charge in [-0.3, -0.25) is 4.98 Å². The average molecular weight is 238 g/mol. The highest BCUT2D eigenvalue weighted by Gasteiger charge is 2.53. The Bertz CT molecular complexity index is 383. The molecule has 1 aliphatic rings. The van der Waals surface area contributed by atoms with Gasteiger partial charge in [0, 0.05) is 12.0 Å². The minimum absolute atomic E-state index is 0.285. The third-order valence-electron chi connectivity index (χ3n) is 4.24. The van der Waals surface area contributed by atoms with Gasteiger partial charge in [0.25, 0.3) is 0 Å². The summed E-state index contributed by atoms with van der Waals surface area (Å²) in [5.74, 6) is -0.386. The fourth-order valence-electron chi connectivity index (χ4n) is 2.84. The van der Waals surface area contributed by atoms with Gasteiger partial charge < -0.3 is 10.8 Å². The van der Waals surface area contributed by atoms with Crippen LogP contribution in [0.25, 0.3) is 0 Å². The van der Waals surface area contributed by atoms with Gasteiger partial charge in [0.1, 0.15) is 11.4 Å². The van der Waals surface area contributed by atoms with Crippen molar-refractivity contribution in [3.63, 3.8) is 0 Å². The molecule has 1 heterocycles. The van der Waals surface area contributed by atoms with Crippen LogP contribution in [0.2, 0.25) is 0 Å². The number of nitrogens with zero attached hydrogens (tertiary/aromatic N) is 1. The summed E-state index contributed by atoms with van der Waals surface area (Å²) in [5, 5.41) is 10.9. The quantitative estimate of drug-likeness (QED) is 0.842. The molecule has 4 heteroatoms. The monoisotopic (exact) mass is 238 g/mol. The lowest BCUT2D eigenvalue weighted by atomic mass is 9.56. The number of nitrogens with two attached hydrogens (primary N) is 1. The van der Waals surface area contributed by atoms with Crippen LogP contribution in [0.3, 0.4) is 0 Å². The standard InChI is InChI=1S/C13H19FN2O/c1-2-13(17,12(9-15)6-3-7-12)11-5-4-10(14)8-16-11/h4-5,8,17H,2-3,6-7,9,15H2,1H3. The van der Waals surface area contributed by atoms with Crippen molar-refractivity contribution >= 4 is 0 Å². The Kier molecular flexibility index (Phi) is 3.19. The smallest absolute Gasteiger partial charge is 0.141 e. The summed E-state index contributed by atoms with van der Waals surface area (Å²) in [6, 6.07) is 2.90. The number of pyridine rings is 1. The molecule has 17 heavy (non-hydrogen) atoms. The molecule has 3 N–H and O–H groups in total. The molecule has 1 unspecified atom stereocenters. The molecule has 1 saturated carbocycles. The summed E-state index contributed by atoms with van der Waals surface area (Å²) in [6.45, 7) is 2.36. The lowest BCUT2D eigenvalue weighted by molar-refractivity contribution is -0.135. The molecule has 1 fully saturated rings. The zero-order valence-corrected chi connectivity index (χ0v) is 10.1. The Hall–Kier alpha value is -1.00. The van der Waals surface area contributed by atoms with Crippen molar-refractivity contribution in [1.29, 1.82) is 0 Å². The van der Waals surface area contributed by atoms with Crippen molar-refractivity contribution in [2.75, 3.05) is 6.54 Å². The molecule has 0 spiro atoms. The number of hydrogen-bond donors (Lipinski definition) is 2. The van der Waals surface area contributed by atoms with E-state index in [4.69, 9.17) is 5.73 Å². The van der Waals surface area contributed by atoms with Crippen molar-refractivity contribution in [1.82, 2.24) is 4.98 Å². The summed E-state index contributed by atoms with van der Waals surface area (Å²) in [5.41, 5.74) is 5.05. The topological polar surface area (TPSA) is 59.1 Å². The molecule has 0 aliphatic heterocycles. The zero-order valence-electron chi connectivity index (χ0n) is 10.1. The number of hydrogen-bond acceptors (Lipinski definition) is 3. The second-order valence-electron chi connectivity index (χ2n) is 4.91. The highest BCUT2D eigenvalue weighted by atomic mass is 19.1. The van der Waals surface area contributed by atoms with E-state index in [0.29, 0.717) is 18.7 Å². The van der Waals surface area contributed by atoms with E-state index < -0.39 is 5.60 Å². The first kappa shape index (κ1) is 12.5. The van der Waals surface area contributed by atoms with Crippen LogP contribution in [0.4, 0.5) is 4.39 Å². The predicted molar refractivity (Wildman–Crippen MR) is 63.7 cm³/mol. The molecule has 1 aliphatic carbocycles. The fraction of sp³-hybridized carbons (Fsp3) is 0.615. The highest BCUT2D eigenvalue weighted by Crippen LogP contribution is 2.54. The maximum atomic E-state index is 12.9. The summed E-state index contributed by atoms with van der Waals surface area (Å²) in [7, 11) is 0. The SMILES string of the molecule is CCC(O)(c1ccc(F)cn1)C1(CN)CCC1. The van der Waals surface area contributed by atoms with E-state index >= 15 is 0 Å². The van der Waals surface area contributed by atoms with Crippen LogP contribution in [-0.2, 0) is 5.60 Å². The Morgan fingerprint density at radius 1 is 1.53 bits per heavy atom. The van der Waals surface area contributed by atoms with E-state index in [2.05, 4.69) is 4.98 Å². The molecule has 94 valence electrons. The molecular formula is C13H19FN2O. The molecule has 0 saturated heterocycles. The molecule has 1 aromatic heterocycles. The van der Waals surface area contributed by atoms with E-state index in [1.165, 1.54) is 6.07 Å². The minimum Gasteiger partial charge on any atom is -0.383 e. The summed E-state index contributed by atoms with van der Waals surface area (Å²) < 4.78 is 12.9. The van der Waals surface area contributed by atoms with Gasteiger partial charge in [-0.25, -0.2) is 4.39 Å². The number of rotatable bonds is 4. The van der Waals surface area contributed by atoms with E-state index in [9.17, 15) is 9.50 Å². The average Bonchev–Trinajstić information content (AvgIpc) is 2.28. The van der Waals surface area contributed by atoms with Gasteiger partial charge >= 0.3 is 0 Å². The first-order valence-electron chi connectivity index (χ1n) is 6.12. The number of aromatic nitrogens is 1. The van der Waals surface area contributed by atoms with Gasteiger partial charge in [0.15, 0.2) is 0 Å². The third kappa shape index (κ3) is 1.76. The number of halogens is 1. The van der Waals surface area contributed by atoms with Gasteiger partial charge in [0.05, 0.1) is 11.9 Å². The number of aliphatic hydroxyl groups is 1. The van der Waals surface area contributed by atoms with Crippen LogP contribution >= 0.6 is 0 Å². The Balaban J connectivity index is 2.39. The van der Waals surface area contributed by atoms with Crippen molar-refractivity contribution in [3.05, 3.63) is 29.8 Å². The molecule has 0 amide bonds. The van der Waals surface area contributed by atoms with Gasteiger partial charge in [-0.15, -0.1) is 0 Å². The molecular weight excluding hydrogens is 219 g/mol. The van der Waals surface area contributed by atoms with Crippen molar-refractivity contribution in [2.24, 2.45) is 11.1 Å². The van der Waals surface area contributed by atoms with Crippen LogP contribution in [0.15, 0.2) is 18.3 Å². The van der Waals surface area contributed by atoms with Gasteiger partial charge in [-0.05, 0) is 31.4 Å². The first-order chi connectivity index (χ1) is 8.08. The molecule has 3 nitrogen and oxygen atoms in total. The first-order valence-corrected chi connectivity index (χ1v) is 6.12. The molecule has 0 aromatic carbocycles. The van der Waals surface area contributed by atoms with Crippen LogP contribution in [0, 0.1) is 11.2 Å². The van der Waals surface area contributed by atoms with Crippen molar-refractivity contribution < 1.29 is 9.50 Å². The maximum Gasteiger partial charge on any atom is 0.141 e.